The molecule has 0 aliphatic carbocycles. The van der Waals surface area contributed by atoms with Gasteiger partial charge in [0, 0.05) is 18.8 Å². The zero-order valence-corrected chi connectivity index (χ0v) is 23.0. The van der Waals surface area contributed by atoms with Crippen molar-refractivity contribution < 1.29 is 19.4 Å². The molecule has 4 rings (SSSR count). The molecule has 8 heteroatoms. The number of aromatic nitrogens is 1. The minimum Gasteiger partial charge on any atom is -0.497 e. The number of methoxy groups -OCH3 is 1. The lowest BCUT2D eigenvalue weighted by atomic mass is 9.90. The lowest BCUT2D eigenvalue weighted by Gasteiger charge is -2.33. The second kappa shape index (κ2) is 13.1. The van der Waals surface area contributed by atoms with E-state index in [1.165, 1.54) is 5.56 Å². The summed E-state index contributed by atoms with van der Waals surface area (Å²) in [5.41, 5.74) is 4.25. The number of piperidine rings is 1. The number of aryl methyl sites for hydroxylation is 2. The number of pyridine rings is 1. The maximum absolute atomic E-state index is 13.4. The summed E-state index contributed by atoms with van der Waals surface area (Å²) in [6.45, 7) is 7.72. The molecule has 1 amide bonds. The molecule has 206 valence electrons. The molecule has 2 aliphatic heterocycles. The first-order chi connectivity index (χ1) is 18.3. The molecule has 0 radical (unpaired) electrons. The summed E-state index contributed by atoms with van der Waals surface area (Å²) in [5, 5.41) is 16.1. The number of nitrogens with zero attached hydrogens (tertiary/aromatic N) is 2. The van der Waals surface area contributed by atoms with E-state index in [9.17, 15) is 14.7 Å². The average molecular weight is 523 g/mol. The van der Waals surface area contributed by atoms with E-state index in [1.807, 2.05) is 18.2 Å². The number of rotatable bonds is 11. The summed E-state index contributed by atoms with van der Waals surface area (Å²) < 4.78 is 5.40. The molecule has 0 bridgehead atoms. The van der Waals surface area contributed by atoms with Crippen molar-refractivity contribution in [1.29, 1.82) is 0 Å². The second-order valence-electron chi connectivity index (χ2n) is 10.9. The molecule has 3 heterocycles. The Morgan fingerprint density at radius 2 is 2.05 bits per heavy atom. The maximum Gasteiger partial charge on any atom is 0.305 e. The molecule has 2 aromatic rings. The van der Waals surface area contributed by atoms with Gasteiger partial charge < -0.3 is 25.4 Å². The van der Waals surface area contributed by atoms with E-state index in [2.05, 4.69) is 41.5 Å². The number of anilines is 1. The van der Waals surface area contributed by atoms with Crippen LogP contribution in [0.2, 0.25) is 0 Å². The number of carbonyl (C=O) groups is 2. The van der Waals surface area contributed by atoms with Crippen molar-refractivity contribution in [2.75, 3.05) is 38.6 Å². The lowest BCUT2D eigenvalue weighted by Crippen LogP contribution is -2.44. The Hall–Kier alpha value is -3.13. The minimum atomic E-state index is -0.941. The van der Waals surface area contributed by atoms with E-state index in [4.69, 9.17) is 9.72 Å². The summed E-state index contributed by atoms with van der Waals surface area (Å²) in [5.74, 6) is 0.719. The SMILES string of the molecule is COc1ccc(C(C)C)c(C(CC(=O)O)NC(=O)C2CCCN(CCCc3ccc4c(n3)NCCC4)C2)c1. The normalized spacial score (nSPS) is 18.4. The first-order valence-electron chi connectivity index (χ1n) is 14.0. The predicted molar refractivity (Wildman–Crippen MR) is 149 cm³/mol. The third-order valence-electron chi connectivity index (χ3n) is 7.72. The van der Waals surface area contributed by atoms with E-state index in [-0.39, 0.29) is 24.2 Å². The van der Waals surface area contributed by atoms with Gasteiger partial charge in [-0.2, -0.15) is 0 Å². The standard InChI is InChI=1S/C30H42N4O4/c1-20(2)25-13-12-24(38-3)17-26(25)27(18-28(35)36)33-30(37)22-8-5-15-34(19-22)16-6-9-23-11-10-21-7-4-14-31-29(21)32-23/h10-13,17,20,22,27H,4-9,14-16,18-19H2,1-3H3,(H,31,32)(H,33,37)(H,35,36). The van der Waals surface area contributed by atoms with Gasteiger partial charge >= 0.3 is 5.97 Å². The van der Waals surface area contributed by atoms with Gasteiger partial charge in [0.05, 0.1) is 25.5 Å². The van der Waals surface area contributed by atoms with Crippen LogP contribution in [0.1, 0.15) is 80.3 Å². The number of ether oxygens (including phenoxy) is 1. The number of carboxylic acid groups (broad SMARTS) is 1. The van der Waals surface area contributed by atoms with Crippen LogP contribution in [-0.2, 0) is 22.4 Å². The molecule has 1 saturated heterocycles. The van der Waals surface area contributed by atoms with E-state index in [0.717, 1.165) is 80.8 Å². The van der Waals surface area contributed by atoms with E-state index in [1.54, 1.807) is 7.11 Å². The molecule has 2 unspecified atom stereocenters. The predicted octanol–water partition coefficient (Wildman–Crippen LogP) is 4.55. The Balaban J connectivity index is 1.36. The highest BCUT2D eigenvalue weighted by Crippen LogP contribution is 2.31. The summed E-state index contributed by atoms with van der Waals surface area (Å²) in [7, 11) is 1.59. The third kappa shape index (κ3) is 7.25. The number of benzene rings is 1. The number of likely N-dealkylation sites (tertiary alicyclic amines) is 1. The molecule has 0 spiro atoms. The van der Waals surface area contributed by atoms with Gasteiger partial charge in [-0.05, 0) is 92.4 Å². The number of fused-ring (bicyclic) bond motifs is 1. The highest BCUT2D eigenvalue weighted by atomic mass is 16.5. The van der Waals surface area contributed by atoms with Gasteiger partial charge in [-0.3, -0.25) is 9.59 Å². The Morgan fingerprint density at radius 1 is 1.21 bits per heavy atom. The highest BCUT2D eigenvalue weighted by Gasteiger charge is 2.29. The van der Waals surface area contributed by atoms with Crippen LogP contribution in [0, 0.1) is 5.92 Å². The van der Waals surface area contributed by atoms with E-state index >= 15 is 0 Å². The number of carboxylic acids is 1. The number of amides is 1. The minimum absolute atomic E-state index is 0.0686. The van der Waals surface area contributed by atoms with Crippen molar-refractivity contribution >= 4 is 17.7 Å². The van der Waals surface area contributed by atoms with Gasteiger partial charge in [-0.1, -0.05) is 26.0 Å². The fraction of sp³-hybridized carbons (Fsp3) is 0.567. The quantitative estimate of drug-likeness (QED) is 0.398. The molecular weight excluding hydrogens is 480 g/mol. The fourth-order valence-corrected chi connectivity index (χ4v) is 5.67. The smallest absolute Gasteiger partial charge is 0.305 e. The van der Waals surface area contributed by atoms with Gasteiger partial charge in [0.1, 0.15) is 11.6 Å². The summed E-state index contributed by atoms with van der Waals surface area (Å²) in [6.07, 6.45) is 5.76. The second-order valence-corrected chi connectivity index (χ2v) is 10.9. The van der Waals surface area contributed by atoms with Gasteiger partial charge in [-0.25, -0.2) is 4.98 Å². The summed E-state index contributed by atoms with van der Waals surface area (Å²) in [4.78, 5) is 32.3. The van der Waals surface area contributed by atoms with Crippen LogP contribution in [0.5, 0.6) is 5.75 Å². The molecule has 2 atom stereocenters. The van der Waals surface area contributed by atoms with E-state index in [0.29, 0.717) is 12.3 Å². The zero-order chi connectivity index (χ0) is 27.1. The number of aliphatic carboxylic acids is 1. The largest absolute Gasteiger partial charge is 0.497 e. The average Bonchev–Trinajstić information content (AvgIpc) is 2.92. The van der Waals surface area contributed by atoms with Crippen LogP contribution in [-0.4, -0.2) is 60.2 Å². The Bertz CT molecular complexity index is 1120. The number of hydrogen-bond acceptors (Lipinski definition) is 6. The Kier molecular flexibility index (Phi) is 9.61. The molecule has 1 fully saturated rings. The van der Waals surface area contributed by atoms with Crippen molar-refractivity contribution in [3.8, 4) is 5.75 Å². The molecule has 8 nitrogen and oxygen atoms in total. The van der Waals surface area contributed by atoms with Crippen molar-refractivity contribution in [3.05, 3.63) is 52.7 Å². The third-order valence-corrected chi connectivity index (χ3v) is 7.72. The number of carbonyl (C=O) groups excluding carboxylic acids is 1. The maximum atomic E-state index is 13.4. The number of hydrogen-bond donors (Lipinski definition) is 3. The van der Waals surface area contributed by atoms with Crippen molar-refractivity contribution in [1.82, 2.24) is 15.2 Å². The van der Waals surface area contributed by atoms with Gasteiger partial charge in [0.15, 0.2) is 0 Å². The van der Waals surface area contributed by atoms with Crippen LogP contribution in [0.15, 0.2) is 30.3 Å². The number of nitrogens with one attached hydrogen (secondary N) is 2. The monoisotopic (exact) mass is 522 g/mol. The van der Waals surface area contributed by atoms with Crippen molar-refractivity contribution in [2.45, 2.75) is 70.8 Å². The molecule has 38 heavy (non-hydrogen) atoms. The molecule has 0 saturated carbocycles. The topological polar surface area (TPSA) is 104 Å². The van der Waals surface area contributed by atoms with Crippen molar-refractivity contribution in [3.63, 3.8) is 0 Å². The van der Waals surface area contributed by atoms with Gasteiger partial charge in [-0.15, -0.1) is 0 Å². The summed E-state index contributed by atoms with van der Waals surface area (Å²) >= 11 is 0. The molecule has 1 aromatic carbocycles. The molecule has 2 aliphatic rings. The van der Waals surface area contributed by atoms with Crippen LogP contribution < -0.4 is 15.4 Å². The molecular formula is C30H42N4O4. The zero-order valence-electron chi connectivity index (χ0n) is 23.0. The van der Waals surface area contributed by atoms with Gasteiger partial charge in [0.25, 0.3) is 0 Å². The summed E-state index contributed by atoms with van der Waals surface area (Å²) in [6, 6.07) is 9.45. The van der Waals surface area contributed by atoms with Crippen LogP contribution >= 0.6 is 0 Å². The Labute approximate surface area is 226 Å². The van der Waals surface area contributed by atoms with Crippen LogP contribution in [0.25, 0.3) is 0 Å². The van der Waals surface area contributed by atoms with Crippen LogP contribution in [0.4, 0.5) is 5.82 Å². The van der Waals surface area contributed by atoms with Crippen LogP contribution in [0.3, 0.4) is 0 Å². The molecule has 3 N–H and O–H groups in total. The van der Waals surface area contributed by atoms with Crippen molar-refractivity contribution in [2.24, 2.45) is 5.92 Å². The first kappa shape index (κ1) is 27.9. The highest BCUT2D eigenvalue weighted by molar-refractivity contribution is 5.80. The first-order valence-corrected chi connectivity index (χ1v) is 14.0. The fourth-order valence-electron chi connectivity index (χ4n) is 5.67. The van der Waals surface area contributed by atoms with E-state index < -0.39 is 12.0 Å². The Morgan fingerprint density at radius 3 is 2.82 bits per heavy atom. The lowest BCUT2D eigenvalue weighted by molar-refractivity contribution is -0.138. The van der Waals surface area contributed by atoms with Gasteiger partial charge in [0.2, 0.25) is 5.91 Å². The molecule has 1 aromatic heterocycles.